The predicted octanol–water partition coefficient (Wildman–Crippen LogP) is 3.90. The highest BCUT2D eigenvalue weighted by Crippen LogP contribution is 2.46. The van der Waals surface area contributed by atoms with Crippen molar-refractivity contribution in [2.75, 3.05) is 30.3 Å². The molecule has 3 heterocycles. The van der Waals surface area contributed by atoms with Crippen molar-refractivity contribution in [3.63, 3.8) is 0 Å². The number of aryl methyl sites for hydroxylation is 1. The van der Waals surface area contributed by atoms with E-state index < -0.39 is 11.6 Å². The third-order valence-electron chi connectivity index (χ3n) is 5.58. The molecule has 0 saturated carbocycles. The van der Waals surface area contributed by atoms with E-state index in [9.17, 15) is 13.6 Å². The average Bonchev–Trinajstić information content (AvgIpc) is 2.71. The Hall–Kier alpha value is -2.16. The lowest BCUT2D eigenvalue weighted by Gasteiger charge is -2.34. The van der Waals surface area contributed by atoms with Crippen molar-refractivity contribution in [2.45, 2.75) is 24.4 Å². The maximum atomic E-state index is 14.6. The zero-order valence-electron chi connectivity index (χ0n) is 16.2. The number of rotatable bonds is 2. The summed E-state index contributed by atoms with van der Waals surface area (Å²) in [4.78, 5) is 20.1. The fourth-order valence-electron chi connectivity index (χ4n) is 4.26. The molecule has 2 aromatic carbocycles. The van der Waals surface area contributed by atoms with Crippen LogP contribution < -0.4 is 15.9 Å². The summed E-state index contributed by atoms with van der Waals surface area (Å²) in [6.07, 6.45) is 0. The summed E-state index contributed by atoms with van der Waals surface area (Å²) < 4.78 is 29.8. The molecule has 1 atom stereocenters. The molecule has 0 amide bonds. The molecule has 1 unspecified atom stereocenters. The van der Waals surface area contributed by atoms with Crippen molar-refractivity contribution < 1.29 is 8.78 Å². The Morgan fingerprint density at radius 2 is 2.10 bits per heavy atom. The van der Waals surface area contributed by atoms with Gasteiger partial charge in [0, 0.05) is 65.4 Å². The molecule has 1 saturated heterocycles. The highest BCUT2D eigenvalue weighted by Gasteiger charge is 2.28. The second-order valence-electron chi connectivity index (χ2n) is 7.60. The van der Waals surface area contributed by atoms with Gasteiger partial charge >= 0.3 is 5.69 Å². The molecule has 1 aromatic heterocycles. The summed E-state index contributed by atoms with van der Waals surface area (Å²) in [5, 5.41) is 4.52. The van der Waals surface area contributed by atoms with E-state index in [0.717, 1.165) is 41.5 Å². The first-order chi connectivity index (χ1) is 14.4. The van der Waals surface area contributed by atoms with Gasteiger partial charge in [-0.15, -0.1) is 11.8 Å². The van der Waals surface area contributed by atoms with E-state index in [2.05, 4.69) is 22.1 Å². The van der Waals surface area contributed by atoms with Crippen LogP contribution in [0.2, 0.25) is 5.02 Å². The van der Waals surface area contributed by atoms with Crippen LogP contribution in [-0.2, 0) is 6.54 Å². The zero-order valence-corrected chi connectivity index (χ0v) is 17.8. The minimum atomic E-state index is -0.683. The molecule has 0 bridgehead atoms. The van der Waals surface area contributed by atoms with Gasteiger partial charge in [0.05, 0.1) is 10.5 Å². The van der Waals surface area contributed by atoms with Gasteiger partial charge in [-0.2, -0.15) is 4.98 Å². The van der Waals surface area contributed by atoms with Crippen LogP contribution in [0, 0.1) is 11.6 Å². The lowest BCUT2D eigenvalue weighted by molar-refractivity contribution is 0.482. The Bertz CT molecular complexity index is 1230. The van der Waals surface area contributed by atoms with Crippen LogP contribution in [0.25, 0.3) is 22.0 Å². The second kappa shape index (κ2) is 7.51. The van der Waals surface area contributed by atoms with Crippen LogP contribution in [-0.4, -0.2) is 41.0 Å². The molecule has 9 heteroatoms. The maximum absolute atomic E-state index is 14.6. The molecule has 156 valence electrons. The number of nitrogens with one attached hydrogen (secondary N) is 1. The van der Waals surface area contributed by atoms with Crippen LogP contribution in [0.15, 0.2) is 34.0 Å². The van der Waals surface area contributed by atoms with Crippen molar-refractivity contribution in [1.29, 1.82) is 0 Å². The SMILES string of the molecule is CC1CN(c2nc(=O)n3c4c(c(-c5ccc(F)cc5F)c(Cl)cc24)SCC3)CCN1. The molecule has 0 aliphatic carbocycles. The standard InChI is InChI=1S/C21H19ClF2N4OS/c1-11-10-27(5-4-25-11)20-14-9-15(22)17(13-3-2-12(23)8-16(13)24)19-18(14)28(6-7-30-19)21(29)26-20/h2-3,8-9,11,25H,4-7,10H2,1H3. The number of thioether (sulfide) groups is 1. The van der Waals surface area contributed by atoms with Crippen LogP contribution in [0.1, 0.15) is 6.92 Å². The van der Waals surface area contributed by atoms with Gasteiger partial charge in [0.2, 0.25) is 0 Å². The number of nitrogens with zero attached hydrogens (tertiary/aromatic N) is 3. The van der Waals surface area contributed by atoms with E-state index in [0.29, 0.717) is 28.7 Å². The van der Waals surface area contributed by atoms with E-state index in [1.807, 2.05) is 0 Å². The molecule has 1 N–H and O–H groups in total. The van der Waals surface area contributed by atoms with Gasteiger partial charge in [-0.3, -0.25) is 4.57 Å². The van der Waals surface area contributed by atoms with Gasteiger partial charge < -0.3 is 10.2 Å². The van der Waals surface area contributed by atoms with Crippen molar-refractivity contribution in [3.8, 4) is 11.1 Å². The summed E-state index contributed by atoms with van der Waals surface area (Å²) in [5.74, 6) is -0.0797. The predicted molar refractivity (Wildman–Crippen MR) is 117 cm³/mol. The molecular weight excluding hydrogens is 430 g/mol. The van der Waals surface area contributed by atoms with Crippen molar-refractivity contribution in [2.24, 2.45) is 0 Å². The molecule has 0 spiro atoms. The van der Waals surface area contributed by atoms with Crippen LogP contribution in [0.3, 0.4) is 0 Å². The van der Waals surface area contributed by atoms with Crippen molar-refractivity contribution >= 4 is 40.1 Å². The molecule has 5 rings (SSSR count). The van der Waals surface area contributed by atoms with Crippen LogP contribution in [0.5, 0.6) is 0 Å². The van der Waals surface area contributed by atoms with Gasteiger partial charge in [0.15, 0.2) is 0 Å². The van der Waals surface area contributed by atoms with Gasteiger partial charge in [-0.05, 0) is 25.1 Å². The molecule has 2 aliphatic rings. The highest BCUT2D eigenvalue weighted by atomic mass is 35.5. The number of benzene rings is 2. The minimum Gasteiger partial charge on any atom is -0.353 e. The van der Waals surface area contributed by atoms with E-state index >= 15 is 0 Å². The Labute approximate surface area is 181 Å². The van der Waals surface area contributed by atoms with Crippen LogP contribution in [0.4, 0.5) is 14.6 Å². The normalized spacial score (nSPS) is 18.8. The number of aromatic nitrogens is 2. The average molecular weight is 449 g/mol. The van der Waals surface area contributed by atoms with Gasteiger partial charge in [-0.1, -0.05) is 11.6 Å². The van der Waals surface area contributed by atoms with E-state index in [-0.39, 0.29) is 17.3 Å². The summed E-state index contributed by atoms with van der Waals surface area (Å²) in [7, 11) is 0. The monoisotopic (exact) mass is 448 g/mol. The molecule has 30 heavy (non-hydrogen) atoms. The third kappa shape index (κ3) is 3.18. The first-order valence-corrected chi connectivity index (χ1v) is 11.1. The Kier molecular flexibility index (Phi) is 4.95. The highest BCUT2D eigenvalue weighted by molar-refractivity contribution is 7.99. The van der Waals surface area contributed by atoms with Crippen molar-refractivity contribution in [1.82, 2.24) is 14.9 Å². The van der Waals surface area contributed by atoms with Gasteiger partial charge in [-0.25, -0.2) is 13.6 Å². The molecule has 0 radical (unpaired) electrons. The molecule has 1 fully saturated rings. The number of hydrogen-bond acceptors (Lipinski definition) is 5. The quantitative estimate of drug-likeness (QED) is 0.644. The topological polar surface area (TPSA) is 50.2 Å². The number of anilines is 1. The summed E-state index contributed by atoms with van der Waals surface area (Å²) in [6, 6.07) is 5.49. The third-order valence-corrected chi connectivity index (χ3v) is 6.95. The lowest BCUT2D eigenvalue weighted by atomic mass is 10.0. The Morgan fingerprint density at radius 1 is 1.27 bits per heavy atom. The maximum Gasteiger partial charge on any atom is 0.350 e. The number of halogens is 3. The molecule has 2 aliphatic heterocycles. The first-order valence-electron chi connectivity index (χ1n) is 9.77. The van der Waals surface area contributed by atoms with E-state index in [1.54, 1.807) is 10.6 Å². The zero-order chi connectivity index (χ0) is 21.0. The molecular formula is C21H19ClF2N4OS. The molecule has 3 aromatic rings. The number of hydrogen-bond donors (Lipinski definition) is 1. The van der Waals surface area contributed by atoms with E-state index in [4.69, 9.17) is 11.6 Å². The summed E-state index contributed by atoms with van der Waals surface area (Å²) in [6.45, 7) is 4.85. The molecule has 5 nitrogen and oxygen atoms in total. The minimum absolute atomic E-state index is 0.223. The largest absolute Gasteiger partial charge is 0.353 e. The van der Waals surface area contributed by atoms with E-state index in [1.165, 1.54) is 23.9 Å². The van der Waals surface area contributed by atoms with Gasteiger partial charge in [0.25, 0.3) is 0 Å². The fourth-order valence-corrected chi connectivity index (χ4v) is 5.82. The summed E-state index contributed by atoms with van der Waals surface area (Å²) in [5.41, 5.74) is 1.11. The Balaban J connectivity index is 1.81. The summed E-state index contributed by atoms with van der Waals surface area (Å²) >= 11 is 8.20. The van der Waals surface area contributed by atoms with Crippen molar-refractivity contribution in [3.05, 3.63) is 51.4 Å². The smallest absolute Gasteiger partial charge is 0.350 e. The first kappa shape index (κ1) is 19.8. The Morgan fingerprint density at radius 3 is 2.87 bits per heavy atom. The lowest BCUT2D eigenvalue weighted by Crippen LogP contribution is -2.50. The fraction of sp³-hybridized carbons (Fsp3) is 0.333. The van der Waals surface area contributed by atoms with Gasteiger partial charge in [0.1, 0.15) is 17.5 Å². The second-order valence-corrected chi connectivity index (χ2v) is 9.11. The number of piperazine rings is 1. The van der Waals surface area contributed by atoms with Crippen LogP contribution >= 0.6 is 23.4 Å².